The van der Waals surface area contributed by atoms with Crippen LogP contribution in [-0.4, -0.2) is 66.9 Å². The predicted octanol–water partition coefficient (Wildman–Crippen LogP) is 3.01. The van der Waals surface area contributed by atoms with E-state index >= 15 is 0 Å². The van der Waals surface area contributed by atoms with Crippen LogP contribution in [-0.2, 0) is 21.8 Å². The van der Waals surface area contributed by atoms with Crippen molar-refractivity contribution in [1.29, 1.82) is 0 Å². The molecule has 3 rings (SSSR count). The molecular formula is C21H26F3N5O4S. The van der Waals surface area contributed by atoms with Gasteiger partial charge >= 0.3 is 6.09 Å². The number of hydrogen-bond donors (Lipinski definition) is 2. The van der Waals surface area contributed by atoms with E-state index in [1.807, 2.05) is 20.8 Å². The standard InChI is InChI=1S/C21H26F3N5O4S/c1-21(2,3)15-17(25-11-12-9-13(22)16(24)14(23)10-12)26-19(34(4,32)33)27-18(15)28-5-7-29(8-6-28)20(30)31/h9-10H,5-8,11H2,1-4H3,(H,30,31)(H,25,26,27). The second kappa shape index (κ2) is 9.28. The highest BCUT2D eigenvalue weighted by Crippen LogP contribution is 2.37. The van der Waals surface area contributed by atoms with Crippen molar-refractivity contribution in [2.75, 3.05) is 42.7 Å². The van der Waals surface area contributed by atoms with Crippen molar-refractivity contribution in [3.8, 4) is 0 Å². The summed E-state index contributed by atoms with van der Waals surface area (Å²) in [5.74, 6) is -3.80. The highest BCUT2D eigenvalue weighted by molar-refractivity contribution is 7.90. The normalized spacial score (nSPS) is 14.9. The largest absolute Gasteiger partial charge is 0.465 e. The van der Waals surface area contributed by atoms with E-state index in [2.05, 4.69) is 15.3 Å². The third kappa shape index (κ3) is 5.51. The van der Waals surface area contributed by atoms with E-state index in [0.29, 0.717) is 11.4 Å². The number of piperazine rings is 1. The topological polar surface area (TPSA) is 116 Å². The van der Waals surface area contributed by atoms with Gasteiger partial charge in [0.05, 0.1) is 0 Å². The van der Waals surface area contributed by atoms with Gasteiger partial charge < -0.3 is 20.2 Å². The summed E-state index contributed by atoms with van der Waals surface area (Å²) in [6.07, 6.45) is -0.0870. The van der Waals surface area contributed by atoms with Gasteiger partial charge in [-0.05, 0) is 23.1 Å². The fourth-order valence-electron chi connectivity index (χ4n) is 3.65. The zero-order valence-corrected chi connectivity index (χ0v) is 20.0. The van der Waals surface area contributed by atoms with Crippen molar-refractivity contribution in [3.63, 3.8) is 0 Å². The molecule has 2 N–H and O–H groups in total. The number of nitrogens with zero attached hydrogens (tertiary/aromatic N) is 4. The number of sulfone groups is 1. The Hall–Kier alpha value is -3.09. The maximum Gasteiger partial charge on any atom is 0.407 e. The van der Waals surface area contributed by atoms with Gasteiger partial charge in [0.25, 0.3) is 5.16 Å². The van der Waals surface area contributed by atoms with Crippen molar-refractivity contribution in [1.82, 2.24) is 14.9 Å². The Kier molecular flexibility index (Phi) is 6.97. The Balaban J connectivity index is 2.07. The lowest BCUT2D eigenvalue weighted by atomic mass is 9.86. The van der Waals surface area contributed by atoms with Crippen molar-refractivity contribution >= 4 is 27.6 Å². The predicted molar refractivity (Wildman–Crippen MR) is 119 cm³/mol. The second-order valence-corrected chi connectivity index (χ2v) is 11.0. The molecule has 0 spiro atoms. The molecule has 1 aromatic carbocycles. The number of anilines is 2. The molecule has 9 nitrogen and oxygen atoms in total. The average molecular weight is 502 g/mol. The number of carboxylic acid groups (broad SMARTS) is 1. The van der Waals surface area contributed by atoms with Crippen molar-refractivity contribution in [2.24, 2.45) is 0 Å². The zero-order valence-electron chi connectivity index (χ0n) is 19.2. The Bertz CT molecular complexity index is 1190. The first-order chi connectivity index (χ1) is 15.7. The van der Waals surface area contributed by atoms with Crippen LogP contribution in [0, 0.1) is 17.5 Å². The van der Waals surface area contributed by atoms with Gasteiger partial charge in [-0.15, -0.1) is 0 Å². The number of benzene rings is 1. The molecule has 186 valence electrons. The van der Waals surface area contributed by atoms with Crippen LogP contribution < -0.4 is 10.2 Å². The third-order valence-electron chi connectivity index (χ3n) is 5.30. The van der Waals surface area contributed by atoms with E-state index in [0.717, 1.165) is 18.4 Å². The summed E-state index contributed by atoms with van der Waals surface area (Å²) in [5.41, 5.74) is 0.0378. The van der Waals surface area contributed by atoms with Crippen LogP contribution in [0.1, 0.15) is 31.9 Å². The number of amides is 1. The molecule has 1 aliphatic heterocycles. The number of aromatic nitrogens is 2. The third-order valence-corrected chi connectivity index (χ3v) is 6.15. The summed E-state index contributed by atoms with van der Waals surface area (Å²) in [4.78, 5) is 22.8. The summed E-state index contributed by atoms with van der Waals surface area (Å²) in [5, 5.41) is 11.7. The van der Waals surface area contributed by atoms with Gasteiger partial charge in [0, 0.05) is 44.5 Å². The molecule has 1 aromatic heterocycles. The number of hydrogen-bond acceptors (Lipinski definition) is 7. The first-order valence-electron chi connectivity index (χ1n) is 10.4. The van der Waals surface area contributed by atoms with E-state index in [-0.39, 0.29) is 44.1 Å². The first-order valence-corrected chi connectivity index (χ1v) is 12.3. The summed E-state index contributed by atoms with van der Waals surface area (Å²) in [7, 11) is -3.84. The van der Waals surface area contributed by atoms with Crippen molar-refractivity contribution in [3.05, 3.63) is 40.7 Å². The maximum absolute atomic E-state index is 13.7. The van der Waals surface area contributed by atoms with E-state index < -0.39 is 44.0 Å². The average Bonchev–Trinajstić information content (AvgIpc) is 2.74. The molecule has 1 aliphatic rings. The molecule has 1 fully saturated rings. The Morgan fingerprint density at radius 2 is 1.65 bits per heavy atom. The zero-order chi connectivity index (χ0) is 25.4. The lowest BCUT2D eigenvalue weighted by Gasteiger charge is -2.37. The van der Waals surface area contributed by atoms with Gasteiger partial charge in [-0.3, -0.25) is 0 Å². The van der Waals surface area contributed by atoms with Crippen LogP contribution in [0.25, 0.3) is 0 Å². The molecule has 0 saturated carbocycles. The molecule has 0 radical (unpaired) electrons. The lowest BCUT2D eigenvalue weighted by molar-refractivity contribution is 0.142. The van der Waals surface area contributed by atoms with Gasteiger partial charge in [-0.1, -0.05) is 20.8 Å². The molecule has 2 heterocycles. The molecular weight excluding hydrogens is 475 g/mol. The van der Waals surface area contributed by atoms with Crippen LogP contribution in [0.5, 0.6) is 0 Å². The van der Waals surface area contributed by atoms with Crippen LogP contribution >= 0.6 is 0 Å². The Morgan fingerprint density at radius 3 is 2.12 bits per heavy atom. The quantitative estimate of drug-likeness (QED) is 0.475. The SMILES string of the molecule is CC(C)(C)c1c(NCc2cc(F)c(F)c(F)c2)nc(S(C)(=O)=O)nc1N1CCN(C(=O)O)CC1. The van der Waals surface area contributed by atoms with Gasteiger partial charge in [-0.2, -0.15) is 0 Å². The maximum atomic E-state index is 13.7. The molecule has 34 heavy (non-hydrogen) atoms. The molecule has 0 atom stereocenters. The number of halogens is 3. The van der Waals surface area contributed by atoms with E-state index in [1.54, 1.807) is 4.90 Å². The van der Waals surface area contributed by atoms with Crippen LogP contribution in [0.3, 0.4) is 0 Å². The highest BCUT2D eigenvalue weighted by atomic mass is 32.2. The Labute approximate surface area is 195 Å². The fraction of sp³-hybridized carbons (Fsp3) is 0.476. The molecule has 0 aliphatic carbocycles. The van der Waals surface area contributed by atoms with Crippen LogP contribution in [0.2, 0.25) is 0 Å². The fourth-order valence-corrected chi connectivity index (χ4v) is 4.16. The van der Waals surface area contributed by atoms with Crippen molar-refractivity contribution in [2.45, 2.75) is 37.9 Å². The summed E-state index contributed by atoms with van der Waals surface area (Å²) >= 11 is 0. The monoisotopic (exact) mass is 501 g/mol. The van der Waals surface area contributed by atoms with E-state index in [9.17, 15) is 31.5 Å². The van der Waals surface area contributed by atoms with Gasteiger partial charge in [-0.25, -0.2) is 36.4 Å². The van der Waals surface area contributed by atoms with E-state index in [4.69, 9.17) is 0 Å². The minimum Gasteiger partial charge on any atom is -0.465 e. The smallest absolute Gasteiger partial charge is 0.407 e. The van der Waals surface area contributed by atoms with Gasteiger partial charge in [0.2, 0.25) is 9.84 Å². The van der Waals surface area contributed by atoms with E-state index in [1.165, 1.54) is 4.90 Å². The number of carbonyl (C=O) groups is 1. The molecule has 13 heteroatoms. The Morgan fingerprint density at radius 1 is 1.09 bits per heavy atom. The summed E-state index contributed by atoms with van der Waals surface area (Å²) < 4.78 is 65.3. The van der Waals surface area contributed by atoms with Crippen LogP contribution in [0.4, 0.5) is 29.6 Å². The summed E-state index contributed by atoms with van der Waals surface area (Å²) in [6, 6.07) is 1.68. The second-order valence-electron chi connectivity index (χ2n) is 9.06. The summed E-state index contributed by atoms with van der Waals surface area (Å²) in [6.45, 7) is 6.40. The first kappa shape index (κ1) is 25.5. The molecule has 0 unspecified atom stereocenters. The highest BCUT2D eigenvalue weighted by Gasteiger charge is 2.32. The van der Waals surface area contributed by atoms with Crippen molar-refractivity contribution < 1.29 is 31.5 Å². The minimum atomic E-state index is -3.84. The van der Waals surface area contributed by atoms with Crippen LogP contribution in [0.15, 0.2) is 17.3 Å². The lowest BCUT2D eigenvalue weighted by Crippen LogP contribution is -2.49. The number of rotatable bonds is 5. The van der Waals surface area contributed by atoms with Gasteiger partial charge in [0.1, 0.15) is 11.6 Å². The van der Waals surface area contributed by atoms with Gasteiger partial charge in [0.15, 0.2) is 17.5 Å². The molecule has 2 aromatic rings. The molecule has 1 saturated heterocycles. The minimum absolute atomic E-state index is 0.0902. The molecule has 0 bridgehead atoms. The molecule has 1 amide bonds. The number of nitrogens with one attached hydrogen (secondary N) is 1.